The fourth-order valence-electron chi connectivity index (χ4n) is 5.28. The van der Waals surface area contributed by atoms with E-state index in [0.717, 1.165) is 5.82 Å². The summed E-state index contributed by atoms with van der Waals surface area (Å²) in [5.41, 5.74) is 1.49. The zero-order valence-electron chi connectivity index (χ0n) is 22.1. The van der Waals surface area contributed by atoms with E-state index in [0.29, 0.717) is 0 Å². The van der Waals surface area contributed by atoms with Gasteiger partial charge in [-0.15, -0.1) is 0 Å². The Kier molecular flexibility index (Phi) is 8.49. The minimum atomic E-state index is -0.876. The maximum absolute atomic E-state index is 4.98. The highest BCUT2D eigenvalue weighted by Crippen LogP contribution is 2.65. The summed E-state index contributed by atoms with van der Waals surface area (Å²) < 4.78 is 0. The molecule has 40 heavy (non-hydrogen) atoms. The molecule has 4 heteroatoms. The summed E-state index contributed by atoms with van der Waals surface area (Å²) in [6, 6.07) is 57.0. The van der Waals surface area contributed by atoms with Crippen LogP contribution in [-0.2, 0) is 0 Å². The first-order valence-electron chi connectivity index (χ1n) is 13.5. The van der Waals surface area contributed by atoms with Crippen molar-refractivity contribution < 1.29 is 0 Å². The van der Waals surface area contributed by atoms with Crippen LogP contribution in [0.4, 0.5) is 0 Å². The van der Waals surface area contributed by atoms with Crippen LogP contribution in [0.25, 0.3) is 0 Å². The first-order valence-corrected chi connectivity index (χ1v) is 16.3. The second-order valence-electron chi connectivity index (χ2n) is 9.49. The van der Waals surface area contributed by atoms with Gasteiger partial charge in [-0.3, -0.25) is 0 Å². The highest BCUT2D eigenvalue weighted by atomic mass is 31.1. The van der Waals surface area contributed by atoms with Crippen molar-refractivity contribution >= 4 is 37.1 Å². The van der Waals surface area contributed by atoms with E-state index in [1.807, 2.05) is 18.5 Å². The molecule has 0 N–H and O–H groups in total. The third-order valence-corrected chi connectivity index (χ3v) is 12.9. The molecule has 2 nitrogen and oxygen atoms in total. The monoisotopic (exact) mass is 552 g/mol. The molecule has 0 bridgehead atoms. The molecule has 0 radical (unpaired) electrons. The normalized spacial score (nSPS) is 12.8. The highest BCUT2D eigenvalue weighted by molar-refractivity contribution is 7.77. The van der Waals surface area contributed by atoms with Crippen molar-refractivity contribution in [2.24, 2.45) is 0 Å². The molecule has 0 amide bonds. The molecular weight excluding hydrogens is 522 g/mol. The van der Waals surface area contributed by atoms with Gasteiger partial charge < -0.3 is 0 Å². The number of benzene rings is 5. The van der Waals surface area contributed by atoms with Crippen molar-refractivity contribution in [3.8, 4) is 0 Å². The molecule has 0 unspecified atom stereocenters. The maximum Gasteiger partial charge on any atom is 0.137 e. The lowest BCUT2D eigenvalue weighted by Crippen LogP contribution is -2.27. The molecule has 0 aliphatic carbocycles. The Morgan fingerprint density at radius 1 is 0.350 bits per heavy atom. The van der Waals surface area contributed by atoms with Gasteiger partial charge in [0.25, 0.3) is 0 Å². The van der Waals surface area contributed by atoms with Gasteiger partial charge in [-0.25, -0.2) is 9.97 Å². The van der Waals surface area contributed by atoms with Gasteiger partial charge in [0.1, 0.15) is 5.82 Å². The van der Waals surface area contributed by atoms with Gasteiger partial charge in [-0.2, -0.15) is 0 Å². The van der Waals surface area contributed by atoms with Crippen molar-refractivity contribution in [2.45, 2.75) is 11.3 Å². The van der Waals surface area contributed by atoms with Gasteiger partial charge in [0.05, 0.1) is 5.66 Å². The van der Waals surface area contributed by atoms with E-state index in [2.05, 4.69) is 152 Å². The average Bonchev–Trinajstić information content (AvgIpc) is 3.05. The summed E-state index contributed by atoms with van der Waals surface area (Å²) in [6.07, 6.45) is 3.79. The van der Waals surface area contributed by atoms with Crippen LogP contribution >= 0.6 is 15.8 Å². The lowest BCUT2D eigenvalue weighted by molar-refractivity contribution is 0.808. The number of nitrogens with zero attached hydrogens (tertiary/aromatic N) is 2. The summed E-state index contributed by atoms with van der Waals surface area (Å²) >= 11 is 0. The highest BCUT2D eigenvalue weighted by Gasteiger charge is 2.41. The van der Waals surface area contributed by atoms with E-state index in [4.69, 9.17) is 9.97 Å². The van der Waals surface area contributed by atoms with Crippen LogP contribution in [0.1, 0.15) is 22.7 Å². The zero-order chi connectivity index (χ0) is 27.0. The lowest BCUT2D eigenvalue weighted by Gasteiger charge is -2.39. The number of hydrogen-bond donors (Lipinski definition) is 0. The van der Waals surface area contributed by atoms with Crippen molar-refractivity contribution in [2.75, 3.05) is 0 Å². The molecule has 2 atom stereocenters. The number of rotatable bonds is 9. The molecule has 0 saturated carbocycles. The zero-order valence-corrected chi connectivity index (χ0v) is 23.9. The molecule has 6 aromatic rings. The first-order chi connectivity index (χ1) is 19.9. The van der Waals surface area contributed by atoms with Gasteiger partial charge in [0, 0.05) is 18.1 Å². The molecule has 0 saturated heterocycles. The van der Waals surface area contributed by atoms with E-state index in [1.165, 1.54) is 26.8 Å². The Morgan fingerprint density at radius 3 is 1.05 bits per heavy atom. The van der Waals surface area contributed by atoms with Gasteiger partial charge >= 0.3 is 0 Å². The molecule has 0 fully saturated rings. The number of hydrogen-bond acceptors (Lipinski definition) is 2. The first kappa shape index (κ1) is 26.3. The molecule has 0 aliphatic rings. The second-order valence-corrected chi connectivity index (χ2v) is 14.1. The third kappa shape index (κ3) is 5.80. The van der Waals surface area contributed by atoms with E-state index >= 15 is 0 Å². The van der Waals surface area contributed by atoms with Gasteiger partial charge in [0.15, 0.2) is 0 Å². The SMILES string of the molecule is c1ccc([C@@H]([C@@H](c2ncccn2)P(c2ccccc2)c2ccccc2)P(c2ccccc2)c2ccccc2)cc1. The molecule has 1 aromatic heterocycles. The Bertz CT molecular complexity index is 1380. The van der Waals surface area contributed by atoms with Crippen LogP contribution in [0.15, 0.2) is 170 Å². The fraction of sp³-hybridized carbons (Fsp3) is 0.0556. The van der Waals surface area contributed by atoms with Crippen LogP contribution in [-0.4, -0.2) is 9.97 Å². The summed E-state index contributed by atoms with van der Waals surface area (Å²) in [7, 11) is -1.71. The van der Waals surface area contributed by atoms with Crippen molar-refractivity contribution in [3.05, 3.63) is 182 Å². The summed E-state index contributed by atoms with van der Waals surface area (Å²) in [4.78, 5) is 9.97. The molecule has 5 aromatic carbocycles. The standard InChI is InChI=1S/C36H30N2P2/c1-6-17-29(18-7-1)34(39(30-19-8-2-9-20-30)31-21-10-3-11-22-31)35(36-37-27-16-28-38-36)40(32-23-12-4-13-24-32)33-25-14-5-15-26-33/h1-28,34-35H/t34-,35-/m0/s1. The molecule has 1 heterocycles. The minimum absolute atomic E-state index is 0.0370. The van der Waals surface area contributed by atoms with E-state index in [1.54, 1.807) is 0 Å². The van der Waals surface area contributed by atoms with Crippen molar-refractivity contribution in [3.63, 3.8) is 0 Å². The Labute approximate surface area is 239 Å². The average molecular weight is 553 g/mol. The van der Waals surface area contributed by atoms with E-state index in [-0.39, 0.29) is 11.3 Å². The van der Waals surface area contributed by atoms with Crippen LogP contribution in [0.3, 0.4) is 0 Å². The van der Waals surface area contributed by atoms with Crippen molar-refractivity contribution in [1.29, 1.82) is 0 Å². The van der Waals surface area contributed by atoms with Crippen LogP contribution in [0.2, 0.25) is 0 Å². The topological polar surface area (TPSA) is 25.8 Å². The third-order valence-electron chi connectivity index (χ3n) is 6.98. The Morgan fingerprint density at radius 2 is 0.675 bits per heavy atom. The van der Waals surface area contributed by atoms with Crippen LogP contribution in [0, 0.1) is 0 Å². The summed E-state index contributed by atoms with van der Waals surface area (Å²) in [6.45, 7) is 0. The van der Waals surface area contributed by atoms with Gasteiger partial charge in [0.2, 0.25) is 0 Å². The largest absolute Gasteiger partial charge is 0.241 e. The predicted molar refractivity (Wildman–Crippen MR) is 172 cm³/mol. The van der Waals surface area contributed by atoms with Crippen LogP contribution in [0.5, 0.6) is 0 Å². The summed E-state index contributed by atoms with van der Waals surface area (Å²) in [5.74, 6) is 0.898. The van der Waals surface area contributed by atoms with E-state index < -0.39 is 15.8 Å². The Hall–Kier alpha value is -3.96. The van der Waals surface area contributed by atoms with Gasteiger partial charge in [-0.05, 0) is 48.7 Å². The maximum atomic E-state index is 4.98. The van der Waals surface area contributed by atoms with Crippen molar-refractivity contribution in [1.82, 2.24) is 9.97 Å². The second kappa shape index (κ2) is 12.9. The lowest BCUT2D eigenvalue weighted by atomic mass is 10.1. The van der Waals surface area contributed by atoms with Gasteiger partial charge in [-0.1, -0.05) is 152 Å². The predicted octanol–water partition coefficient (Wildman–Crippen LogP) is 7.52. The number of aromatic nitrogens is 2. The molecule has 6 rings (SSSR count). The molecule has 0 spiro atoms. The molecular formula is C36H30N2P2. The molecule has 0 aliphatic heterocycles. The quantitative estimate of drug-likeness (QED) is 0.173. The molecule has 194 valence electrons. The smallest absolute Gasteiger partial charge is 0.137 e. The summed E-state index contributed by atoms with van der Waals surface area (Å²) in [5, 5.41) is 5.38. The minimum Gasteiger partial charge on any atom is -0.241 e. The van der Waals surface area contributed by atoms with E-state index in [9.17, 15) is 0 Å². The van der Waals surface area contributed by atoms with Crippen LogP contribution < -0.4 is 21.2 Å². The Balaban J connectivity index is 1.67. The fourth-order valence-corrected chi connectivity index (χ4v) is 11.6.